The smallest absolute Gasteiger partial charge is 0.216 e. The van der Waals surface area contributed by atoms with Gasteiger partial charge >= 0.3 is 0 Å². The van der Waals surface area contributed by atoms with Crippen molar-refractivity contribution in [1.29, 1.82) is 0 Å². The first-order valence-electron chi connectivity index (χ1n) is 23.7. The zero-order valence-electron chi connectivity index (χ0n) is 41.9. The fraction of sp³-hybridized carbons (Fsp3) is 0.255. The molecule has 9 aromatic rings. The number of aryl methyl sites for hydroxylation is 1. The van der Waals surface area contributed by atoms with Crippen LogP contribution in [0.5, 0.6) is 0 Å². The summed E-state index contributed by atoms with van der Waals surface area (Å²) < 4.78 is 50.5. The van der Waals surface area contributed by atoms with E-state index in [1.807, 2.05) is 80.7 Å². The number of furan rings is 1. The Morgan fingerprint density at radius 1 is 0.790 bits per heavy atom. The molecule has 0 fully saturated rings. The fourth-order valence-corrected chi connectivity index (χ4v) is 9.45. The van der Waals surface area contributed by atoms with Crippen molar-refractivity contribution < 1.29 is 31.4 Å². The van der Waals surface area contributed by atoms with Crippen LogP contribution in [0.15, 0.2) is 132 Å². The Hall–Kier alpha value is -5.46. The van der Waals surface area contributed by atoms with Crippen LogP contribution in [-0.4, -0.2) is 27.6 Å². The van der Waals surface area contributed by atoms with Crippen molar-refractivity contribution in [2.75, 3.05) is 0 Å². The maximum Gasteiger partial charge on any atom is 0.216 e. The standard InChI is InChI=1S/C37H32N3O.C18H24NSi.Ir/c1-22(2)29-20-26(25-12-7-6-8-13-25)21-30(23(3)4)34(29)40-32-16-10-9-15-31(32)39-36(40)28-18-17-24(5)33-27-14-11-19-38-37(27)41-35(28)33;1-14(2)11-16-12-17(15-9-7-6-8-10-15)19-13-18(16)20(3,4)5;/h6-17,19-23H,1-5H3;6-9,12-14H,11H2,1-5H3;/q2*-1;/i5D3;11D2;. The van der Waals surface area contributed by atoms with E-state index in [1.165, 1.54) is 22.3 Å². The largest absolute Gasteiger partial charge is 0.486 e. The summed E-state index contributed by atoms with van der Waals surface area (Å²) >= 11 is 0. The Morgan fingerprint density at radius 3 is 2.16 bits per heavy atom. The van der Waals surface area contributed by atoms with Crippen molar-refractivity contribution in [2.24, 2.45) is 5.92 Å². The molecule has 0 aliphatic rings. The summed E-state index contributed by atoms with van der Waals surface area (Å²) in [7, 11) is -1.67. The molecule has 0 atom stereocenters. The van der Waals surface area contributed by atoms with Crippen molar-refractivity contribution in [3.8, 4) is 39.5 Å². The fourth-order valence-electron chi connectivity index (χ4n) is 8.04. The van der Waals surface area contributed by atoms with Gasteiger partial charge in [0.25, 0.3) is 0 Å². The molecule has 0 aliphatic heterocycles. The van der Waals surface area contributed by atoms with E-state index in [0.29, 0.717) is 33.5 Å². The van der Waals surface area contributed by atoms with Crippen molar-refractivity contribution in [3.63, 3.8) is 0 Å². The summed E-state index contributed by atoms with van der Waals surface area (Å²) in [5.74, 6) is 0.969. The van der Waals surface area contributed by atoms with Crippen molar-refractivity contribution >= 4 is 46.4 Å². The minimum atomic E-state index is -2.36. The number of para-hydroxylation sites is 2. The van der Waals surface area contributed by atoms with E-state index >= 15 is 0 Å². The first kappa shape index (κ1) is 38.2. The summed E-state index contributed by atoms with van der Waals surface area (Å²) in [4.78, 5) is 14.2. The second-order valence-corrected chi connectivity index (χ2v) is 22.7. The summed E-state index contributed by atoms with van der Waals surface area (Å²) in [6, 6.07) is 44.5. The normalized spacial score (nSPS) is 13.4. The molecule has 62 heavy (non-hydrogen) atoms. The van der Waals surface area contributed by atoms with Crippen molar-refractivity contribution in [3.05, 3.63) is 162 Å². The third-order valence-electron chi connectivity index (χ3n) is 11.0. The Balaban J connectivity index is 0.000000245. The Kier molecular flexibility index (Phi) is 11.4. The average Bonchev–Trinajstić information content (AvgIpc) is 3.87. The van der Waals surface area contributed by atoms with Crippen LogP contribution in [-0.2, 0) is 26.5 Å². The van der Waals surface area contributed by atoms with Gasteiger partial charge in [0.2, 0.25) is 5.71 Å². The third kappa shape index (κ3) is 8.90. The molecule has 0 N–H and O–H groups in total. The number of hydrogen-bond acceptors (Lipinski definition) is 4. The molecule has 0 aliphatic carbocycles. The Morgan fingerprint density at radius 2 is 1.50 bits per heavy atom. The summed E-state index contributed by atoms with van der Waals surface area (Å²) in [5, 5.41) is 2.28. The van der Waals surface area contributed by atoms with Crippen molar-refractivity contribution in [2.45, 2.75) is 86.2 Å². The second kappa shape index (κ2) is 18.5. The zero-order valence-corrected chi connectivity index (χ0v) is 40.3. The molecule has 0 saturated heterocycles. The van der Waals surface area contributed by atoms with Crippen LogP contribution in [0.3, 0.4) is 0 Å². The Labute approximate surface area is 389 Å². The van der Waals surface area contributed by atoms with Crippen LogP contribution in [0.2, 0.25) is 19.6 Å². The van der Waals surface area contributed by atoms with E-state index in [-0.39, 0.29) is 43.4 Å². The molecule has 9 rings (SSSR count). The number of imidazole rings is 1. The van der Waals surface area contributed by atoms with E-state index < -0.39 is 21.3 Å². The molecular formula is C55H56IrN4OSi-2. The van der Waals surface area contributed by atoms with Gasteiger partial charge in [0.15, 0.2) is 0 Å². The van der Waals surface area contributed by atoms with Gasteiger partial charge < -0.3 is 14.0 Å². The van der Waals surface area contributed by atoms with Crippen LogP contribution < -0.4 is 5.19 Å². The average molecular weight is 1010 g/mol. The number of pyridine rings is 2. The SMILES string of the molecule is [2H]C([2H])([2H])c1c[c-]c(-c2nc3ccccc3n2-c2c(C(C)C)cc(-c3ccccc3)cc2C(C)C)c2oc3ncccc3c12.[2H]C([2H])(c1cc(-c2[c-]cccc2)ncc1[Si](C)(C)C)C(C)C.[Ir]. The molecule has 4 aromatic heterocycles. The van der Waals surface area contributed by atoms with Gasteiger partial charge in [0, 0.05) is 50.4 Å². The maximum absolute atomic E-state index is 8.55. The molecule has 5 aromatic carbocycles. The molecule has 5 nitrogen and oxygen atoms in total. The second-order valence-electron chi connectivity index (χ2n) is 17.6. The molecule has 317 valence electrons. The monoisotopic (exact) mass is 1010 g/mol. The minimum absolute atomic E-state index is 0. The molecule has 1 radical (unpaired) electrons. The summed E-state index contributed by atoms with van der Waals surface area (Å²) in [6.07, 6.45) is 2.18. The first-order chi connectivity index (χ1) is 31.3. The number of hydrogen-bond donors (Lipinski definition) is 0. The van der Waals surface area contributed by atoms with Crippen LogP contribution >= 0.6 is 0 Å². The molecule has 7 heteroatoms. The first-order valence-corrected chi connectivity index (χ1v) is 24.7. The molecule has 0 amide bonds. The minimum Gasteiger partial charge on any atom is -0.486 e. The van der Waals surface area contributed by atoms with E-state index in [0.717, 1.165) is 38.7 Å². The number of aromatic nitrogens is 4. The molecule has 0 saturated carbocycles. The zero-order chi connectivity index (χ0) is 47.3. The molecule has 0 spiro atoms. The van der Waals surface area contributed by atoms with E-state index in [4.69, 9.17) is 16.3 Å². The summed E-state index contributed by atoms with van der Waals surface area (Å²) in [5.41, 5.74) is 11.7. The number of fused-ring (bicyclic) bond motifs is 4. The topological polar surface area (TPSA) is 56.7 Å². The van der Waals surface area contributed by atoms with Gasteiger partial charge in [-0.3, -0.25) is 4.98 Å². The van der Waals surface area contributed by atoms with Gasteiger partial charge in [-0.15, -0.1) is 53.6 Å². The Bertz CT molecular complexity index is 3160. The van der Waals surface area contributed by atoms with Gasteiger partial charge in [0.1, 0.15) is 0 Å². The predicted octanol–water partition coefficient (Wildman–Crippen LogP) is 14.3. The third-order valence-corrected chi connectivity index (χ3v) is 13.0. The molecule has 4 heterocycles. The van der Waals surface area contributed by atoms with Crippen LogP contribution in [0.4, 0.5) is 0 Å². The maximum atomic E-state index is 8.55. The van der Waals surface area contributed by atoms with Gasteiger partial charge in [-0.05, 0) is 93.7 Å². The predicted molar refractivity (Wildman–Crippen MR) is 259 cm³/mol. The van der Waals surface area contributed by atoms with E-state index in [1.54, 1.807) is 18.3 Å². The van der Waals surface area contributed by atoms with Gasteiger partial charge in [-0.2, -0.15) is 0 Å². The van der Waals surface area contributed by atoms with E-state index in [2.05, 4.69) is 116 Å². The van der Waals surface area contributed by atoms with Crippen LogP contribution in [0.25, 0.3) is 72.6 Å². The van der Waals surface area contributed by atoms with E-state index in [9.17, 15) is 0 Å². The molecule has 0 unspecified atom stereocenters. The van der Waals surface area contributed by atoms with Crippen molar-refractivity contribution in [1.82, 2.24) is 19.5 Å². The van der Waals surface area contributed by atoms with Gasteiger partial charge in [-0.1, -0.05) is 133 Å². The molecule has 0 bridgehead atoms. The van der Waals surface area contributed by atoms with Gasteiger partial charge in [-0.25, -0.2) is 4.98 Å². The number of nitrogens with zero attached hydrogens (tertiary/aromatic N) is 4. The van der Waals surface area contributed by atoms with Crippen LogP contribution in [0, 0.1) is 24.9 Å². The summed E-state index contributed by atoms with van der Waals surface area (Å²) in [6.45, 7) is 17.1. The van der Waals surface area contributed by atoms with Crippen LogP contribution in [0.1, 0.15) is 82.5 Å². The number of benzene rings is 5. The molecular weight excluding hydrogens is 953 g/mol. The quantitative estimate of drug-likeness (QED) is 0.107. The number of rotatable bonds is 9. The van der Waals surface area contributed by atoms with Gasteiger partial charge in [0.05, 0.1) is 30.5 Å².